The predicted octanol–water partition coefficient (Wildman–Crippen LogP) is 2.90. The van der Waals surface area contributed by atoms with Gasteiger partial charge in [-0.1, -0.05) is 13.0 Å². The van der Waals surface area contributed by atoms with Crippen molar-refractivity contribution >= 4 is 10.0 Å². The third-order valence-electron chi connectivity index (χ3n) is 6.06. The van der Waals surface area contributed by atoms with Crippen LogP contribution in [-0.2, 0) is 10.0 Å². The second kappa shape index (κ2) is 8.93. The first-order chi connectivity index (χ1) is 16.0. The van der Waals surface area contributed by atoms with Gasteiger partial charge in [0.05, 0.1) is 18.3 Å². The topological polar surface area (TPSA) is 135 Å². The van der Waals surface area contributed by atoms with Gasteiger partial charge < -0.3 is 14.3 Å². The lowest BCUT2D eigenvalue weighted by molar-refractivity contribution is 0.108. The Labute approximate surface area is 193 Å². The Morgan fingerprint density at radius 1 is 1.21 bits per heavy atom. The van der Waals surface area contributed by atoms with E-state index >= 15 is 0 Å². The molecule has 34 heavy (non-hydrogen) atoms. The fourth-order valence-electron chi connectivity index (χ4n) is 4.14. The number of sulfonamides is 1. The van der Waals surface area contributed by atoms with Crippen LogP contribution in [0.15, 0.2) is 38.4 Å². The van der Waals surface area contributed by atoms with Crippen molar-refractivity contribution in [1.29, 1.82) is 0 Å². The standard InChI is InChI=1S/C22H23F2N3O6S/c1-10-4-5-13(23)17(11(10)2)12(3)19(21-25-26-22(29)33-21)27-34(30,31)16-7-6-14(24)18-15(28)8-9-32-20(16)18/h4-7,12,15,19,27-28H,8-9H2,1-3H3,(H,26,29)/t12-,15?,19+/m1/s1. The summed E-state index contributed by atoms with van der Waals surface area (Å²) in [5.41, 5.74) is 1.33. The van der Waals surface area contributed by atoms with Crippen molar-refractivity contribution < 1.29 is 31.5 Å². The maximum absolute atomic E-state index is 14.8. The highest BCUT2D eigenvalue weighted by Gasteiger charge is 2.36. The van der Waals surface area contributed by atoms with Crippen molar-refractivity contribution in [2.24, 2.45) is 0 Å². The van der Waals surface area contributed by atoms with Gasteiger partial charge in [0.2, 0.25) is 15.9 Å². The summed E-state index contributed by atoms with van der Waals surface area (Å²) in [6.07, 6.45) is -1.13. The Morgan fingerprint density at radius 3 is 2.59 bits per heavy atom. The van der Waals surface area contributed by atoms with E-state index in [4.69, 9.17) is 9.15 Å². The number of aromatic nitrogens is 2. The number of fused-ring (bicyclic) bond motifs is 1. The molecule has 0 amide bonds. The molecular formula is C22H23F2N3O6S. The number of ether oxygens (including phenoxy) is 1. The number of aliphatic hydroxyl groups excluding tert-OH is 1. The van der Waals surface area contributed by atoms with Gasteiger partial charge in [0, 0.05) is 12.3 Å². The number of hydrogen-bond donors (Lipinski definition) is 3. The van der Waals surface area contributed by atoms with E-state index in [1.165, 1.54) is 6.07 Å². The summed E-state index contributed by atoms with van der Waals surface area (Å²) in [5, 5.41) is 16.0. The number of halogens is 2. The number of aliphatic hydroxyl groups is 1. The van der Waals surface area contributed by atoms with Crippen LogP contribution in [0.4, 0.5) is 8.78 Å². The summed E-state index contributed by atoms with van der Waals surface area (Å²) in [7, 11) is -4.46. The van der Waals surface area contributed by atoms with Gasteiger partial charge in [-0.05, 0) is 48.7 Å². The first-order valence-corrected chi connectivity index (χ1v) is 12.0. The van der Waals surface area contributed by atoms with Gasteiger partial charge in [-0.3, -0.25) is 0 Å². The quantitative estimate of drug-likeness (QED) is 0.479. The molecule has 0 saturated carbocycles. The fraction of sp³-hybridized carbons (Fsp3) is 0.364. The van der Waals surface area contributed by atoms with Crippen molar-refractivity contribution in [3.63, 3.8) is 0 Å². The van der Waals surface area contributed by atoms with Gasteiger partial charge in [0.15, 0.2) is 0 Å². The second-order valence-corrected chi connectivity index (χ2v) is 9.87. The Bertz CT molecular complexity index is 1400. The third kappa shape index (κ3) is 4.24. The molecule has 1 aromatic heterocycles. The number of aromatic amines is 1. The van der Waals surface area contributed by atoms with Crippen molar-refractivity contribution in [2.45, 2.75) is 50.2 Å². The van der Waals surface area contributed by atoms with Crippen LogP contribution in [-0.4, -0.2) is 30.3 Å². The van der Waals surface area contributed by atoms with Crippen molar-refractivity contribution in [2.75, 3.05) is 6.61 Å². The first-order valence-electron chi connectivity index (χ1n) is 10.5. The molecule has 0 radical (unpaired) electrons. The maximum atomic E-state index is 14.8. The summed E-state index contributed by atoms with van der Waals surface area (Å²) in [6, 6.07) is 3.49. The van der Waals surface area contributed by atoms with Gasteiger partial charge in [0.1, 0.15) is 28.3 Å². The summed E-state index contributed by atoms with van der Waals surface area (Å²) in [5.74, 6) is -3.77. The number of nitrogens with zero attached hydrogens (tertiary/aromatic N) is 1. The summed E-state index contributed by atoms with van der Waals surface area (Å²) >= 11 is 0. The molecule has 4 rings (SSSR count). The highest BCUT2D eigenvalue weighted by atomic mass is 32.2. The zero-order valence-corrected chi connectivity index (χ0v) is 19.4. The van der Waals surface area contributed by atoms with E-state index in [-0.39, 0.29) is 35.8 Å². The van der Waals surface area contributed by atoms with Crippen molar-refractivity contribution in [1.82, 2.24) is 14.9 Å². The molecule has 1 aliphatic rings. The molecule has 0 spiro atoms. The summed E-state index contributed by atoms with van der Waals surface area (Å²) in [6.45, 7) is 5.03. The molecule has 1 aliphatic heterocycles. The first kappa shape index (κ1) is 24.0. The molecule has 182 valence electrons. The van der Waals surface area contributed by atoms with E-state index in [1.807, 2.05) is 0 Å². The van der Waals surface area contributed by atoms with Crippen LogP contribution in [0.5, 0.6) is 5.75 Å². The Morgan fingerprint density at radius 2 is 1.91 bits per heavy atom. The predicted molar refractivity (Wildman–Crippen MR) is 116 cm³/mol. The van der Waals surface area contributed by atoms with Crippen LogP contribution in [0.1, 0.15) is 59.6 Å². The zero-order valence-electron chi connectivity index (χ0n) is 18.6. The van der Waals surface area contributed by atoms with E-state index in [2.05, 4.69) is 14.9 Å². The molecule has 0 saturated heterocycles. The molecule has 1 unspecified atom stereocenters. The molecule has 12 heteroatoms. The molecule has 2 heterocycles. The van der Waals surface area contributed by atoms with Gasteiger partial charge in [0.25, 0.3) is 0 Å². The van der Waals surface area contributed by atoms with Gasteiger partial charge in [-0.15, -0.1) is 5.10 Å². The molecule has 3 atom stereocenters. The van der Waals surface area contributed by atoms with Crippen molar-refractivity contribution in [3.8, 4) is 5.75 Å². The van der Waals surface area contributed by atoms with Crippen LogP contribution < -0.4 is 15.2 Å². The maximum Gasteiger partial charge on any atom is 0.434 e. The highest BCUT2D eigenvalue weighted by Crippen LogP contribution is 2.40. The Hall–Kier alpha value is -3.09. The molecule has 0 bridgehead atoms. The van der Waals surface area contributed by atoms with Crippen LogP contribution in [0.25, 0.3) is 0 Å². The Kier molecular flexibility index (Phi) is 6.32. The molecule has 3 N–H and O–H groups in total. The average Bonchev–Trinajstić information content (AvgIpc) is 3.21. The minimum Gasteiger partial charge on any atom is -0.492 e. The minimum atomic E-state index is -4.46. The number of rotatable bonds is 6. The number of aryl methyl sites for hydroxylation is 1. The minimum absolute atomic E-state index is 0.0120. The second-order valence-electron chi connectivity index (χ2n) is 8.18. The lowest BCUT2D eigenvalue weighted by Gasteiger charge is -2.27. The van der Waals surface area contributed by atoms with Crippen molar-refractivity contribution in [3.05, 3.63) is 74.6 Å². The third-order valence-corrected chi connectivity index (χ3v) is 7.52. The smallest absolute Gasteiger partial charge is 0.434 e. The largest absolute Gasteiger partial charge is 0.492 e. The molecule has 2 aromatic carbocycles. The van der Waals surface area contributed by atoms with Crippen LogP contribution >= 0.6 is 0 Å². The number of hydrogen-bond acceptors (Lipinski definition) is 7. The number of H-pyrrole nitrogens is 1. The average molecular weight is 496 g/mol. The van der Waals surface area contributed by atoms with Crippen LogP contribution in [0.3, 0.4) is 0 Å². The number of benzene rings is 2. The van der Waals surface area contributed by atoms with Gasteiger partial charge >= 0.3 is 5.76 Å². The molecule has 0 fully saturated rings. The zero-order chi connectivity index (χ0) is 24.8. The summed E-state index contributed by atoms with van der Waals surface area (Å²) in [4.78, 5) is 11.2. The fourth-order valence-corrected chi connectivity index (χ4v) is 5.57. The highest BCUT2D eigenvalue weighted by molar-refractivity contribution is 7.89. The van der Waals surface area contributed by atoms with Crippen LogP contribution in [0, 0.1) is 25.5 Å². The normalized spacial score (nSPS) is 17.6. The lowest BCUT2D eigenvalue weighted by Crippen LogP contribution is -2.33. The van der Waals surface area contributed by atoms with Crippen LogP contribution in [0.2, 0.25) is 0 Å². The van der Waals surface area contributed by atoms with Gasteiger partial charge in [-0.2, -0.15) is 4.72 Å². The molecular weight excluding hydrogens is 472 g/mol. The number of nitrogens with one attached hydrogen (secondary N) is 2. The monoisotopic (exact) mass is 495 g/mol. The van der Waals surface area contributed by atoms with E-state index in [0.717, 1.165) is 17.7 Å². The molecule has 0 aliphatic carbocycles. The Balaban J connectivity index is 1.82. The van der Waals surface area contributed by atoms with E-state index in [0.29, 0.717) is 5.56 Å². The molecule has 3 aromatic rings. The van der Waals surface area contributed by atoms with E-state index < -0.39 is 50.4 Å². The van der Waals surface area contributed by atoms with E-state index in [9.17, 15) is 27.1 Å². The van der Waals surface area contributed by atoms with E-state index in [1.54, 1.807) is 26.8 Å². The summed E-state index contributed by atoms with van der Waals surface area (Å²) < 4.78 is 68.9. The molecule has 9 nitrogen and oxygen atoms in total. The SMILES string of the molecule is Cc1ccc(F)c([C@@H](C)[C@H](NS(=O)(=O)c2ccc(F)c3c2OCCC3O)c2n[nH]c(=O)o2)c1C. The van der Waals surface area contributed by atoms with Gasteiger partial charge in [-0.25, -0.2) is 27.1 Å². The lowest BCUT2D eigenvalue weighted by atomic mass is 9.88.